The van der Waals surface area contributed by atoms with Crippen LogP contribution in [0.4, 0.5) is 5.69 Å². The highest BCUT2D eigenvalue weighted by Gasteiger charge is 2.20. The highest BCUT2D eigenvalue weighted by atomic mass is 15.2. The number of benzene rings is 2. The molecule has 0 saturated carbocycles. The number of nitrogens with one attached hydrogen (secondary N) is 1. The van der Waals surface area contributed by atoms with Crippen molar-refractivity contribution < 1.29 is 0 Å². The summed E-state index contributed by atoms with van der Waals surface area (Å²) in [6, 6.07) is 17.9. The fraction of sp³-hybridized carbons (Fsp3) is 0.318. The highest BCUT2D eigenvalue weighted by molar-refractivity contribution is 5.93. The summed E-state index contributed by atoms with van der Waals surface area (Å²) in [6.07, 6.45) is 6.28. The van der Waals surface area contributed by atoms with E-state index in [0.29, 0.717) is 6.04 Å². The van der Waals surface area contributed by atoms with E-state index in [1.165, 1.54) is 47.0 Å². The highest BCUT2D eigenvalue weighted by Crippen LogP contribution is 2.25. The third-order valence-electron chi connectivity index (χ3n) is 5.07. The van der Waals surface area contributed by atoms with Gasteiger partial charge in [0.2, 0.25) is 0 Å². The Bertz CT molecular complexity index is 836. The monoisotopic (exact) mass is 331 g/mol. The fourth-order valence-electron chi connectivity index (χ4n) is 3.74. The van der Waals surface area contributed by atoms with Crippen molar-refractivity contribution in [3.8, 4) is 0 Å². The number of nitrogens with zero attached hydrogens (tertiary/aromatic N) is 2. The van der Waals surface area contributed by atoms with Gasteiger partial charge in [0.1, 0.15) is 0 Å². The zero-order valence-electron chi connectivity index (χ0n) is 14.8. The molecule has 3 heteroatoms. The van der Waals surface area contributed by atoms with Gasteiger partial charge in [-0.15, -0.1) is 0 Å². The number of piperidine rings is 1. The first kappa shape index (κ1) is 16.1. The maximum Gasteiger partial charge on any atom is 0.0423 e. The topological polar surface area (TPSA) is 28.2 Å². The molecule has 3 aromatic rings. The number of hydrogen-bond donors (Lipinski definition) is 1. The van der Waals surface area contributed by atoms with Crippen molar-refractivity contribution in [1.82, 2.24) is 9.88 Å². The SMILES string of the molecule is Cc1ccc(CN2CCCC(Nc3cccc4cnccc34)C2)cc1. The number of aromatic nitrogens is 1. The van der Waals surface area contributed by atoms with Crippen molar-refractivity contribution >= 4 is 16.5 Å². The van der Waals surface area contributed by atoms with Gasteiger partial charge in [0, 0.05) is 48.0 Å². The van der Waals surface area contributed by atoms with Crippen molar-refractivity contribution in [3.05, 3.63) is 72.1 Å². The van der Waals surface area contributed by atoms with Gasteiger partial charge in [-0.1, -0.05) is 42.0 Å². The minimum absolute atomic E-state index is 0.498. The molecule has 0 aliphatic carbocycles. The van der Waals surface area contributed by atoms with Gasteiger partial charge in [0.25, 0.3) is 0 Å². The second-order valence-electron chi connectivity index (χ2n) is 7.11. The van der Waals surface area contributed by atoms with Crippen LogP contribution in [0.3, 0.4) is 0 Å². The number of aryl methyl sites for hydroxylation is 1. The summed E-state index contributed by atoms with van der Waals surface area (Å²) in [6.45, 7) is 5.46. The van der Waals surface area contributed by atoms with Crippen molar-refractivity contribution in [2.24, 2.45) is 0 Å². The van der Waals surface area contributed by atoms with Crippen LogP contribution >= 0.6 is 0 Å². The number of hydrogen-bond acceptors (Lipinski definition) is 3. The minimum atomic E-state index is 0.498. The normalized spacial score (nSPS) is 18.4. The molecular formula is C22H25N3. The predicted octanol–water partition coefficient (Wildman–Crippen LogP) is 4.62. The van der Waals surface area contributed by atoms with Crippen LogP contribution in [0.25, 0.3) is 10.8 Å². The molecule has 1 aromatic heterocycles. The van der Waals surface area contributed by atoms with Crippen LogP contribution in [-0.2, 0) is 6.54 Å². The predicted molar refractivity (Wildman–Crippen MR) is 105 cm³/mol. The van der Waals surface area contributed by atoms with E-state index in [9.17, 15) is 0 Å². The van der Waals surface area contributed by atoms with Crippen LogP contribution < -0.4 is 5.32 Å². The molecule has 1 fully saturated rings. The van der Waals surface area contributed by atoms with Gasteiger partial charge in [-0.05, 0) is 44.0 Å². The first-order valence-corrected chi connectivity index (χ1v) is 9.15. The number of pyridine rings is 1. The molecule has 1 aliphatic rings. The first-order chi connectivity index (χ1) is 12.3. The lowest BCUT2D eigenvalue weighted by Crippen LogP contribution is -2.41. The summed E-state index contributed by atoms with van der Waals surface area (Å²) in [5, 5.41) is 6.23. The van der Waals surface area contributed by atoms with Crippen LogP contribution in [0.15, 0.2) is 60.9 Å². The molecule has 3 nitrogen and oxygen atoms in total. The third-order valence-corrected chi connectivity index (χ3v) is 5.07. The molecule has 128 valence electrons. The zero-order valence-corrected chi connectivity index (χ0v) is 14.8. The van der Waals surface area contributed by atoms with Crippen LogP contribution in [0, 0.1) is 6.92 Å². The second kappa shape index (κ2) is 7.24. The van der Waals surface area contributed by atoms with Gasteiger partial charge in [0.05, 0.1) is 0 Å². The number of anilines is 1. The van der Waals surface area contributed by atoms with Gasteiger partial charge in [-0.2, -0.15) is 0 Å². The molecule has 25 heavy (non-hydrogen) atoms. The Labute approximate surface area is 149 Å². The van der Waals surface area contributed by atoms with Gasteiger partial charge in [-0.3, -0.25) is 9.88 Å². The molecule has 2 heterocycles. The molecule has 0 bridgehead atoms. The van der Waals surface area contributed by atoms with Crippen LogP contribution in [-0.4, -0.2) is 29.0 Å². The number of likely N-dealkylation sites (tertiary alicyclic amines) is 1. The third kappa shape index (κ3) is 3.83. The van der Waals surface area contributed by atoms with E-state index in [2.05, 4.69) is 70.7 Å². The second-order valence-corrected chi connectivity index (χ2v) is 7.11. The van der Waals surface area contributed by atoms with Crippen LogP contribution in [0.2, 0.25) is 0 Å². The van der Waals surface area contributed by atoms with E-state index >= 15 is 0 Å². The lowest BCUT2D eigenvalue weighted by Gasteiger charge is -2.34. The molecule has 0 amide bonds. The molecule has 1 unspecified atom stereocenters. The largest absolute Gasteiger partial charge is 0.381 e. The Balaban J connectivity index is 1.45. The Kier molecular flexibility index (Phi) is 4.66. The van der Waals surface area contributed by atoms with E-state index in [1.807, 2.05) is 12.4 Å². The van der Waals surface area contributed by atoms with Gasteiger partial charge >= 0.3 is 0 Å². The quantitative estimate of drug-likeness (QED) is 0.756. The van der Waals surface area contributed by atoms with E-state index in [4.69, 9.17) is 0 Å². The van der Waals surface area contributed by atoms with Crippen molar-refractivity contribution in [2.45, 2.75) is 32.4 Å². The summed E-state index contributed by atoms with van der Waals surface area (Å²) in [5.41, 5.74) is 3.96. The summed E-state index contributed by atoms with van der Waals surface area (Å²) in [5.74, 6) is 0. The van der Waals surface area contributed by atoms with Crippen LogP contribution in [0.1, 0.15) is 24.0 Å². The minimum Gasteiger partial charge on any atom is -0.381 e. The summed E-state index contributed by atoms with van der Waals surface area (Å²) < 4.78 is 0. The maximum atomic E-state index is 4.23. The molecule has 0 spiro atoms. The number of fused-ring (bicyclic) bond motifs is 1. The molecule has 1 atom stereocenters. The van der Waals surface area contributed by atoms with E-state index in [-0.39, 0.29) is 0 Å². The first-order valence-electron chi connectivity index (χ1n) is 9.15. The summed E-state index contributed by atoms with van der Waals surface area (Å²) >= 11 is 0. The molecule has 2 aromatic carbocycles. The molecule has 1 N–H and O–H groups in total. The summed E-state index contributed by atoms with van der Waals surface area (Å²) in [4.78, 5) is 6.80. The smallest absolute Gasteiger partial charge is 0.0423 e. The Morgan fingerprint density at radius 2 is 2.00 bits per heavy atom. The number of rotatable bonds is 4. The Morgan fingerprint density at radius 1 is 1.12 bits per heavy atom. The average Bonchev–Trinajstić information content (AvgIpc) is 2.64. The average molecular weight is 331 g/mol. The maximum absolute atomic E-state index is 4.23. The molecular weight excluding hydrogens is 306 g/mol. The van der Waals surface area contributed by atoms with Gasteiger partial charge in [-0.25, -0.2) is 0 Å². The fourth-order valence-corrected chi connectivity index (χ4v) is 3.74. The van der Waals surface area contributed by atoms with E-state index in [0.717, 1.165) is 13.1 Å². The Morgan fingerprint density at radius 3 is 2.88 bits per heavy atom. The Hall–Kier alpha value is -2.39. The van der Waals surface area contributed by atoms with Crippen LogP contribution in [0.5, 0.6) is 0 Å². The molecule has 4 rings (SSSR count). The summed E-state index contributed by atoms with van der Waals surface area (Å²) in [7, 11) is 0. The van der Waals surface area contributed by atoms with E-state index in [1.54, 1.807) is 0 Å². The molecule has 1 saturated heterocycles. The standard InChI is InChI=1S/C22H25N3/c1-17-7-9-18(10-8-17)15-25-13-3-5-20(16-25)24-22-6-2-4-19-14-23-12-11-21(19)22/h2,4,6-12,14,20,24H,3,5,13,15-16H2,1H3. The van der Waals surface area contributed by atoms with Gasteiger partial charge in [0.15, 0.2) is 0 Å². The van der Waals surface area contributed by atoms with Crippen molar-refractivity contribution in [1.29, 1.82) is 0 Å². The van der Waals surface area contributed by atoms with E-state index < -0.39 is 0 Å². The van der Waals surface area contributed by atoms with Crippen molar-refractivity contribution in [2.75, 3.05) is 18.4 Å². The molecule has 1 aliphatic heterocycles. The molecule has 0 radical (unpaired) electrons. The zero-order chi connectivity index (χ0) is 17.1. The van der Waals surface area contributed by atoms with Gasteiger partial charge < -0.3 is 5.32 Å². The van der Waals surface area contributed by atoms with Crippen molar-refractivity contribution in [3.63, 3.8) is 0 Å². The lowest BCUT2D eigenvalue weighted by molar-refractivity contribution is 0.208. The lowest BCUT2D eigenvalue weighted by atomic mass is 10.0.